The Labute approximate surface area is 262 Å². The fraction of sp³-hybridized carbons (Fsp3) is 0.344. The van der Waals surface area contributed by atoms with Gasteiger partial charge in [0, 0.05) is 60.9 Å². The summed E-state index contributed by atoms with van der Waals surface area (Å²) in [6.45, 7) is 12.5. The maximum atomic E-state index is 12.6. The Morgan fingerprint density at radius 3 is 2.70 bits per heavy atom. The van der Waals surface area contributed by atoms with Gasteiger partial charge in [-0.1, -0.05) is 24.2 Å². The number of carbonyl (C=O) groups is 1. The maximum Gasteiger partial charge on any atom is 0.246 e. The largest absolute Gasteiger partial charge is 0.398 e. The summed E-state index contributed by atoms with van der Waals surface area (Å²) in [6.07, 6.45) is 3.95. The van der Waals surface area contributed by atoms with E-state index in [1.807, 2.05) is 37.8 Å². The van der Waals surface area contributed by atoms with Gasteiger partial charge in [-0.25, -0.2) is 4.98 Å². The molecule has 0 spiro atoms. The van der Waals surface area contributed by atoms with E-state index in [2.05, 4.69) is 22.2 Å². The molecule has 3 aromatic rings. The number of amides is 1. The van der Waals surface area contributed by atoms with E-state index in [1.54, 1.807) is 24.1 Å². The maximum absolute atomic E-state index is 12.6. The first kappa shape index (κ1) is 31.0. The Morgan fingerprint density at radius 2 is 2.02 bits per heavy atom. The molecule has 2 aliphatic heterocycles. The minimum absolute atomic E-state index is 0.122. The highest BCUT2D eigenvalue weighted by molar-refractivity contribution is 6.37. The Balaban J connectivity index is 1.75. The van der Waals surface area contributed by atoms with Crippen LogP contribution in [-0.4, -0.2) is 74.5 Å². The van der Waals surface area contributed by atoms with E-state index < -0.39 is 6.10 Å². The number of rotatable bonds is 6. The monoisotopic (exact) mass is 615 g/mol. The molecule has 1 saturated heterocycles. The highest BCUT2D eigenvalue weighted by atomic mass is 35.5. The van der Waals surface area contributed by atoms with Crippen molar-refractivity contribution in [3.8, 4) is 11.3 Å². The van der Waals surface area contributed by atoms with Crippen LogP contribution in [0.4, 0.5) is 22.9 Å². The van der Waals surface area contributed by atoms with Gasteiger partial charge >= 0.3 is 0 Å². The predicted molar refractivity (Wildman–Crippen MR) is 176 cm³/mol. The molecule has 11 nitrogen and oxygen atoms in total. The minimum atomic E-state index is -0.870. The minimum Gasteiger partial charge on any atom is -0.398 e. The first-order chi connectivity index (χ1) is 21.0. The Hall–Kier alpha value is -4.48. The number of aryl methyl sites for hydroxylation is 2. The van der Waals surface area contributed by atoms with Gasteiger partial charge in [-0.3, -0.25) is 15.2 Å². The Bertz CT molecular complexity index is 1670. The molecule has 3 unspecified atom stereocenters. The van der Waals surface area contributed by atoms with Crippen molar-refractivity contribution in [1.29, 1.82) is 10.8 Å². The number of nitrogens with zero attached hydrogens (tertiary/aromatic N) is 4. The van der Waals surface area contributed by atoms with Gasteiger partial charge in [0.15, 0.2) is 0 Å². The lowest BCUT2D eigenvalue weighted by molar-refractivity contribution is -0.131. The molecule has 1 fully saturated rings. The number of nitrogen functional groups attached to an aromatic ring is 1. The molecule has 0 bridgehead atoms. The number of benzene rings is 1. The summed E-state index contributed by atoms with van der Waals surface area (Å²) < 4.78 is 0. The molecule has 4 heterocycles. The number of aliphatic hydroxyl groups excluding tert-OH is 1. The van der Waals surface area contributed by atoms with Crippen LogP contribution in [0.1, 0.15) is 54.3 Å². The number of fused-ring (bicyclic) bond motifs is 2. The van der Waals surface area contributed by atoms with Gasteiger partial charge in [-0.15, -0.1) is 0 Å². The lowest BCUT2D eigenvalue weighted by atomic mass is 9.95. The number of nitrogens with two attached hydrogens (primary N) is 1. The average Bonchev–Trinajstić information content (AvgIpc) is 2.99. The molecule has 230 valence electrons. The molecule has 0 saturated carbocycles. The number of pyridine rings is 2. The molecule has 5 rings (SSSR count). The van der Waals surface area contributed by atoms with Crippen molar-refractivity contribution in [3.63, 3.8) is 0 Å². The van der Waals surface area contributed by atoms with E-state index in [0.29, 0.717) is 82.0 Å². The van der Waals surface area contributed by atoms with Crippen LogP contribution in [0.25, 0.3) is 11.3 Å². The van der Waals surface area contributed by atoms with E-state index in [-0.39, 0.29) is 23.8 Å². The van der Waals surface area contributed by atoms with Crippen LogP contribution >= 0.6 is 11.6 Å². The lowest BCUT2D eigenvalue weighted by Gasteiger charge is -2.47. The van der Waals surface area contributed by atoms with Crippen molar-refractivity contribution in [3.05, 3.63) is 70.0 Å². The van der Waals surface area contributed by atoms with Gasteiger partial charge in [-0.2, -0.15) is 0 Å². The number of nitrogens with one attached hydrogen (secondary N) is 4. The molecular weight excluding hydrogens is 578 g/mol. The van der Waals surface area contributed by atoms with Gasteiger partial charge in [0.2, 0.25) is 5.91 Å². The van der Waals surface area contributed by atoms with Crippen LogP contribution in [0.5, 0.6) is 0 Å². The summed E-state index contributed by atoms with van der Waals surface area (Å²) in [4.78, 5) is 25.9. The van der Waals surface area contributed by atoms with Gasteiger partial charge in [0.1, 0.15) is 11.7 Å². The third-order valence-corrected chi connectivity index (χ3v) is 8.80. The van der Waals surface area contributed by atoms with Crippen LogP contribution in [-0.2, 0) is 4.79 Å². The highest BCUT2D eigenvalue weighted by Gasteiger charge is 2.38. The van der Waals surface area contributed by atoms with E-state index in [0.717, 1.165) is 11.1 Å². The number of aromatic nitrogens is 2. The number of aliphatic hydroxyl groups is 1. The van der Waals surface area contributed by atoms with Crippen LogP contribution in [0.15, 0.2) is 37.1 Å². The Kier molecular flexibility index (Phi) is 8.62. The quantitative estimate of drug-likeness (QED) is 0.128. The summed E-state index contributed by atoms with van der Waals surface area (Å²) in [5, 5.41) is 35.5. The number of halogens is 1. The summed E-state index contributed by atoms with van der Waals surface area (Å²) >= 11 is 7.18. The van der Waals surface area contributed by atoms with Crippen molar-refractivity contribution in [2.45, 2.75) is 52.3 Å². The average molecular weight is 616 g/mol. The molecule has 0 radical (unpaired) electrons. The van der Waals surface area contributed by atoms with Gasteiger partial charge in [0.25, 0.3) is 0 Å². The van der Waals surface area contributed by atoms with Crippen LogP contribution in [0, 0.1) is 24.7 Å². The molecule has 7 N–H and O–H groups in total. The SMILES string of the molecule is C=CC(=O)N1CC2CCNc3c(Cl)c(-c4c(C)ccc(N)c4C=N)nc(Nc4c(C)ccnc4C(C)O)c3C(=N)N2CC1C. The normalized spacial score (nSPS) is 18.7. The van der Waals surface area contributed by atoms with Crippen LogP contribution in [0.2, 0.25) is 5.02 Å². The smallest absolute Gasteiger partial charge is 0.246 e. The third kappa shape index (κ3) is 5.37. The second-order valence-electron chi connectivity index (χ2n) is 11.4. The number of hydrogen-bond donors (Lipinski definition) is 6. The predicted octanol–water partition coefficient (Wildman–Crippen LogP) is 5.02. The highest BCUT2D eigenvalue weighted by Crippen LogP contribution is 2.44. The van der Waals surface area contributed by atoms with Gasteiger partial charge in [0.05, 0.1) is 39.5 Å². The number of anilines is 4. The Morgan fingerprint density at radius 1 is 1.27 bits per heavy atom. The topological polar surface area (TPSA) is 167 Å². The molecule has 3 atom stereocenters. The second-order valence-corrected chi connectivity index (χ2v) is 11.8. The first-order valence-corrected chi connectivity index (χ1v) is 14.9. The molecule has 12 heteroatoms. The molecule has 44 heavy (non-hydrogen) atoms. The van der Waals surface area contributed by atoms with E-state index >= 15 is 0 Å². The molecule has 0 aliphatic carbocycles. The summed E-state index contributed by atoms with van der Waals surface area (Å²) in [6, 6.07) is 5.17. The van der Waals surface area contributed by atoms with Crippen molar-refractivity contribution >= 4 is 52.4 Å². The lowest BCUT2D eigenvalue weighted by Crippen LogP contribution is -2.61. The zero-order valence-electron chi connectivity index (χ0n) is 25.3. The van der Waals surface area contributed by atoms with E-state index in [4.69, 9.17) is 27.7 Å². The number of amidine groups is 1. The zero-order valence-corrected chi connectivity index (χ0v) is 26.1. The number of carbonyl (C=O) groups excluding carboxylic acids is 1. The molecular formula is C32H38ClN9O2. The standard InChI is InChI=1S/C32H38ClN9O2/c1-6-23(44)41-15-20-10-12-38-29-25(31(36)42(20)14-18(41)4)32(39-27-17(3)9-11-37-28(27)19(5)43)40-30(26(29)33)24-16(2)7-8-22(35)21(24)13-34/h6-9,11,13,18-20,34,36,38,43H,1,10,12,14-15,35H2,2-5H3,(H,39,40). The van der Waals surface area contributed by atoms with Crippen LogP contribution < -0.4 is 16.4 Å². The summed E-state index contributed by atoms with van der Waals surface area (Å²) in [5.41, 5.74) is 11.9. The van der Waals surface area contributed by atoms with Crippen molar-refractivity contribution in [2.24, 2.45) is 0 Å². The first-order valence-electron chi connectivity index (χ1n) is 14.5. The third-order valence-electron chi connectivity index (χ3n) is 8.44. The summed E-state index contributed by atoms with van der Waals surface area (Å²) in [7, 11) is 0. The summed E-state index contributed by atoms with van der Waals surface area (Å²) in [5.74, 6) is 0.411. The number of hydrogen-bond acceptors (Lipinski definition) is 9. The zero-order chi connectivity index (χ0) is 31.9. The van der Waals surface area contributed by atoms with E-state index in [9.17, 15) is 15.3 Å². The molecule has 2 aliphatic rings. The second kappa shape index (κ2) is 12.3. The fourth-order valence-electron chi connectivity index (χ4n) is 6.10. The van der Waals surface area contributed by atoms with Crippen molar-refractivity contribution in [2.75, 3.05) is 36.0 Å². The molecule has 2 aromatic heterocycles. The van der Waals surface area contributed by atoms with Crippen molar-refractivity contribution in [1.82, 2.24) is 19.8 Å². The van der Waals surface area contributed by atoms with Gasteiger partial charge in [-0.05, 0) is 63.5 Å². The fourth-order valence-corrected chi connectivity index (χ4v) is 6.40. The molecule has 1 amide bonds. The van der Waals surface area contributed by atoms with Gasteiger partial charge < -0.3 is 36.7 Å². The van der Waals surface area contributed by atoms with Crippen molar-refractivity contribution < 1.29 is 9.90 Å². The van der Waals surface area contributed by atoms with E-state index in [1.165, 1.54) is 12.3 Å². The van der Waals surface area contributed by atoms with Crippen LogP contribution in [0.3, 0.4) is 0 Å². The molecule has 1 aromatic carbocycles. The number of piperazine rings is 1.